The number of nitrogens with zero attached hydrogens (tertiary/aromatic N) is 1. The van der Waals surface area contributed by atoms with Crippen molar-refractivity contribution < 1.29 is 25.9 Å². The van der Waals surface area contributed by atoms with E-state index in [0.29, 0.717) is 30.5 Å². The minimum atomic E-state index is -4.30. The van der Waals surface area contributed by atoms with Gasteiger partial charge in [0.25, 0.3) is 20.2 Å². The molecule has 0 fully saturated rings. The van der Waals surface area contributed by atoms with Crippen molar-refractivity contribution in [2.45, 2.75) is 43.4 Å². The van der Waals surface area contributed by atoms with Crippen molar-refractivity contribution in [1.82, 2.24) is 0 Å². The van der Waals surface area contributed by atoms with Gasteiger partial charge in [-0.15, -0.1) is 0 Å². The van der Waals surface area contributed by atoms with Crippen LogP contribution >= 0.6 is 0 Å². The first-order valence-corrected chi connectivity index (χ1v) is 10.1. The standard InChI is InChI=1S/C14H19NO6S2/c1-10-14(2,7-3-4-8-22(16,17)18)12-9-11(23(19,20)21)5-6-13(12)15-10/h5-6,9H,3-4,7-8H2,1-2H3,(H,16,17,18)(H,19,20,21). The Balaban J connectivity index is 2.25. The number of unbranched alkanes of at least 4 members (excludes halogenated alkanes) is 1. The molecule has 128 valence electrons. The molecule has 1 aliphatic rings. The van der Waals surface area contributed by atoms with Gasteiger partial charge in [0.05, 0.1) is 16.3 Å². The maximum Gasteiger partial charge on any atom is 0.294 e. The molecule has 1 aliphatic heterocycles. The second kappa shape index (κ2) is 5.97. The summed E-state index contributed by atoms with van der Waals surface area (Å²) in [7, 11) is -8.28. The third-order valence-corrected chi connectivity index (χ3v) is 5.93. The van der Waals surface area contributed by atoms with Gasteiger partial charge in [-0.05, 0) is 43.5 Å². The number of benzene rings is 1. The van der Waals surface area contributed by atoms with Crippen LogP contribution in [0.5, 0.6) is 0 Å². The summed E-state index contributed by atoms with van der Waals surface area (Å²) in [5, 5.41) is 0. The molecule has 0 bridgehead atoms. The Morgan fingerprint density at radius 2 is 1.78 bits per heavy atom. The molecule has 1 aromatic rings. The minimum Gasteiger partial charge on any atom is -0.286 e. The number of hydrogen-bond acceptors (Lipinski definition) is 5. The third-order valence-electron chi connectivity index (χ3n) is 4.28. The summed E-state index contributed by atoms with van der Waals surface area (Å²) in [6, 6.07) is 4.26. The molecule has 1 aromatic carbocycles. The van der Waals surface area contributed by atoms with E-state index < -0.39 is 25.7 Å². The van der Waals surface area contributed by atoms with Crippen LogP contribution in [0.1, 0.15) is 38.7 Å². The number of fused-ring (bicyclic) bond motifs is 1. The van der Waals surface area contributed by atoms with E-state index >= 15 is 0 Å². The fraction of sp³-hybridized carbons (Fsp3) is 0.500. The van der Waals surface area contributed by atoms with Crippen LogP contribution in [0.3, 0.4) is 0 Å². The summed E-state index contributed by atoms with van der Waals surface area (Å²) in [4.78, 5) is 4.24. The zero-order valence-corrected chi connectivity index (χ0v) is 14.5. The van der Waals surface area contributed by atoms with Crippen molar-refractivity contribution in [1.29, 1.82) is 0 Å². The maximum atomic E-state index is 11.3. The summed E-state index contributed by atoms with van der Waals surface area (Å²) in [6.07, 6.45) is 1.38. The molecule has 0 radical (unpaired) electrons. The lowest BCUT2D eigenvalue weighted by Crippen LogP contribution is -2.28. The Morgan fingerprint density at radius 3 is 2.35 bits per heavy atom. The van der Waals surface area contributed by atoms with E-state index in [4.69, 9.17) is 4.55 Å². The first kappa shape index (κ1) is 18.1. The quantitative estimate of drug-likeness (QED) is 0.592. The normalized spacial score (nSPS) is 21.1. The predicted octanol–water partition coefficient (Wildman–Crippen LogP) is 2.36. The number of rotatable bonds is 6. The molecular formula is C14H19NO6S2. The second-order valence-electron chi connectivity index (χ2n) is 5.93. The topological polar surface area (TPSA) is 121 Å². The van der Waals surface area contributed by atoms with Gasteiger partial charge in [0, 0.05) is 11.1 Å². The lowest BCUT2D eigenvalue weighted by molar-refractivity contribution is 0.473. The fourth-order valence-electron chi connectivity index (χ4n) is 2.79. The van der Waals surface area contributed by atoms with Crippen LogP contribution in [0.4, 0.5) is 5.69 Å². The van der Waals surface area contributed by atoms with Crippen LogP contribution in [0.15, 0.2) is 28.1 Å². The molecule has 0 saturated heterocycles. The van der Waals surface area contributed by atoms with Crippen molar-refractivity contribution in [3.05, 3.63) is 23.8 Å². The first-order chi connectivity index (χ1) is 10.4. The van der Waals surface area contributed by atoms with Crippen molar-refractivity contribution in [2.75, 3.05) is 5.75 Å². The molecule has 0 aromatic heterocycles. The van der Waals surface area contributed by atoms with E-state index in [-0.39, 0.29) is 10.6 Å². The van der Waals surface area contributed by atoms with Crippen LogP contribution < -0.4 is 0 Å². The van der Waals surface area contributed by atoms with Gasteiger partial charge in [-0.25, -0.2) is 0 Å². The molecular weight excluding hydrogens is 342 g/mol. The highest BCUT2D eigenvalue weighted by molar-refractivity contribution is 7.86. The van der Waals surface area contributed by atoms with Gasteiger partial charge in [-0.1, -0.05) is 13.3 Å². The van der Waals surface area contributed by atoms with Gasteiger partial charge in [-0.3, -0.25) is 14.1 Å². The van der Waals surface area contributed by atoms with Crippen LogP contribution in [0, 0.1) is 0 Å². The minimum absolute atomic E-state index is 0.190. The number of aliphatic imine (C=N–C) groups is 1. The Morgan fingerprint density at radius 1 is 1.13 bits per heavy atom. The van der Waals surface area contributed by atoms with Gasteiger partial charge in [-0.2, -0.15) is 16.8 Å². The summed E-state index contributed by atoms with van der Waals surface area (Å²) < 4.78 is 62.1. The Hall–Kier alpha value is -1.29. The average Bonchev–Trinajstić information content (AvgIpc) is 2.65. The molecule has 0 aliphatic carbocycles. The van der Waals surface area contributed by atoms with Crippen LogP contribution in [-0.4, -0.2) is 37.4 Å². The van der Waals surface area contributed by atoms with Crippen molar-refractivity contribution in [3.63, 3.8) is 0 Å². The van der Waals surface area contributed by atoms with Gasteiger partial charge in [0.1, 0.15) is 0 Å². The lowest BCUT2D eigenvalue weighted by atomic mass is 9.76. The number of hydrogen-bond donors (Lipinski definition) is 2. The second-order valence-corrected chi connectivity index (χ2v) is 8.92. The SMILES string of the molecule is CC1=Nc2ccc(S(=O)(=O)O)cc2C1(C)CCCCS(=O)(=O)O. The molecule has 9 heteroatoms. The monoisotopic (exact) mass is 361 g/mol. The predicted molar refractivity (Wildman–Crippen MR) is 86.6 cm³/mol. The molecule has 1 atom stereocenters. The zero-order chi connectivity index (χ0) is 17.5. The van der Waals surface area contributed by atoms with Crippen LogP contribution in [0.25, 0.3) is 0 Å². The smallest absolute Gasteiger partial charge is 0.286 e. The summed E-state index contributed by atoms with van der Waals surface area (Å²) >= 11 is 0. The van der Waals surface area contributed by atoms with Gasteiger partial charge < -0.3 is 0 Å². The molecule has 2 N–H and O–H groups in total. The Kier molecular flexibility index (Phi) is 4.69. The molecule has 7 nitrogen and oxygen atoms in total. The van der Waals surface area contributed by atoms with E-state index in [1.807, 2.05) is 13.8 Å². The van der Waals surface area contributed by atoms with E-state index in [0.717, 1.165) is 5.71 Å². The maximum absolute atomic E-state index is 11.3. The Labute approximate surface area is 135 Å². The largest absolute Gasteiger partial charge is 0.294 e. The van der Waals surface area contributed by atoms with Crippen molar-refractivity contribution >= 4 is 31.6 Å². The first-order valence-electron chi connectivity index (χ1n) is 7.06. The fourth-order valence-corrected chi connectivity index (χ4v) is 3.87. The molecule has 0 amide bonds. The van der Waals surface area contributed by atoms with Gasteiger partial charge >= 0.3 is 0 Å². The molecule has 1 heterocycles. The summed E-state index contributed by atoms with van der Waals surface area (Å²) in [5.74, 6) is -0.308. The van der Waals surface area contributed by atoms with E-state index in [9.17, 15) is 21.4 Å². The summed E-state index contributed by atoms with van der Waals surface area (Å²) in [5.41, 5.74) is 1.60. The van der Waals surface area contributed by atoms with E-state index in [1.165, 1.54) is 12.1 Å². The van der Waals surface area contributed by atoms with Crippen LogP contribution in [-0.2, 0) is 25.7 Å². The summed E-state index contributed by atoms with van der Waals surface area (Å²) in [6.45, 7) is 3.73. The van der Waals surface area contributed by atoms with Crippen molar-refractivity contribution in [3.8, 4) is 0 Å². The van der Waals surface area contributed by atoms with Crippen LogP contribution in [0.2, 0.25) is 0 Å². The molecule has 1 unspecified atom stereocenters. The molecule has 0 saturated carbocycles. The van der Waals surface area contributed by atoms with E-state index in [1.54, 1.807) is 6.07 Å². The average molecular weight is 361 g/mol. The highest BCUT2D eigenvalue weighted by Gasteiger charge is 2.37. The Bertz CT molecular complexity index is 857. The third kappa shape index (κ3) is 3.97. The lowest BCUT2D eigenvalue weighted by Gasteiger charge is -2.26. The van der Waals surface area contributed by atoms with Gasteiger partial charge in [0.2, 0.25) is 0 Å². The molecule has 2 rings (SSSR count). The zero-order valence-electron chi connectivity index (χ0n) is 12.9. The van der Waals surface area contributed by atoms with Crippen molar-refractivity contribution in [2.24, 2.45) is 4.99 Å². The van der Waals surface area contributed by atoms with Gasteiger partial charge in [0.15, 0.2) is 0 Å². The highest BCUT2D eigenvalue weighted by atomic mass is 32.2. The molecule has 0 spiro atoms. The highest BCUT2D eigenvalue weighted by Crippen LogP contribution is 2.44. The van der Waals surface area contributed by atoms with E-state index in [2.05, 4.69) is 4.99 Å². The molecule has 23 heavy (non-hydrogen) atoms.